The molecule has 116 valence electrons. The summed E-state index contributed by atoms with van der Waals surface area (Å²) in [6.07, 6.45) is 2.41. The second kappa shape index (κ2) is 9.00. The van der Waals surface area contributed by atoms with Crippen molar-refractivity contribution in [2.45, 2.75) is 33.1 Å². The fraction of sp³-hybridized carbons (Fsp3) is 0.500. The van der Waals surface area contributed by atoms with E-state index in [1.807, 2.05) is 30.3 Å². The highest BCUT2D eigenvalue weighted by atomic mass is 16.4. The van der Waals surface area contributed by atoms with E-state index in [9.17, 15) is 4.79 Å². The van der Waals surface area contributed by atoms with Gasteiger partial charge in [0.1, 0.15) is 5.92 Å². The highest BCUT2D eigenvalue weighted by Gasteiger charge is 2.23. The molecule has 5 heteroatoms. The van der Waals surface area contributed by atoms with Crippen LogP contribution < -0.4 is 11.1 Å². The Morgan fingerprint density at radius 1 is 1.33 bits per heavy atom. The first-order valence-corrected chi connectivity index (χ1v) is 7.33. The fourth-order valence-corrected chi connectivity index (χ4v) is 2.10. The Morgan fingerprint density at radius 2 is 2.00 bits per heavy atom. The van der Waals surface area contributed by atoms with Gasteiger partial charge in [-0.25, -0.2) is 0 Å². The summed E-state index contributed by atoms with van der Waals surface area (Å²) < 4.78 is 0. The average Bonchev–Trinajstić information content (AvgIpc) is 2.49. The van der Waals surface area contributed by atoms with Crippen molar-refractivity contribution >= 4 is 11.7 Å². The van der Waals surface area contributed by atoms with Crippen LogP contribution in [0, 0.1) is 11.8 Å². The first-order valence-electron chi connectivity index (χ1n) is 7.33. The first kappa shape index (κ1) is 17.0. The third kappa shape index (κ3) is 6.29. The number of hydrogen-bond acceptors (Lipinski definition) is 3. The number of amides is 1. The second-order valence-corrected chi connectivity index (χ2v) is 5.59. The molecule has 0 radical (unpaired) electrons. The minimum absolute atomic E-state index is 0.0554. The van der Waals surface area contributed by atoms with Gasteiger partial charge in [0.15, 0.2) is 5.84 Å². The number of nitrogens with one attached hydrogen (secondary N) is 1. The van der Waals surface area contributed by atoms with Gasteiger partial charge in [0.25, 0.3) is 0 Å². The van der Waals surface area contributed by atoms with Crippen molar-refractivity contribution in [1.82, 2.24) is 5.32 Å². The van der Waals surface area contributed by atoms with E-state index in [2.05, 4.69) is 24.3 Å². The van der Waals surface area contributed by atoms with Crippen molar-refractivity contribution in [3.8, 4) is 0 Å². The number of carbonyl (C=O) groups excluding carboxylic acids is 1. The molecular weight excluding hydrogens is 266 g/mol. The van der Waals surface area contributed by atoms with Gasteiger partial charge in [-0.05, 0) is 30.7 Å². The van der Waals surface area contributed by atoms with Crippen LogP contribution in [0.15, 0.2) is 35.5 Å². The number of benzene rings is 1. The minimum Gasteiger partial charge on any atom is -0.409 e. The molecule has 1 rings (SSSR count). The largest absolute Gasteiger partial charge is 0.409 e. The van der Waals surface area contributed by atoms with Gasteiger partial charge in [0.05, 0.1) is 0 Å². The Bertz CT molecular complexity index is 458. The van der Waals surface area contributed by atoms with Crippen LogP contribution in [0.3, 0.4) is 0 Å². The van der Waals surface area contributed by atoms with Crippen molar-refractivity contribution in [1.29, 1.82) is 0 Å². The van der Waals surface area contributed by atoms with Crippen molar-refractivity contribution < 1.29 is 10.0 Å². The minimum atomic E-state index is -0.642. The molecular formula is C16H25N3O2. The van der Waals surface area contributed by atoms with Crippen LogP contribution in [-0.2, 0) is 11.2 Å². The molecule has 0 saturated heterocycles. The maximum atomic E-state index is 12.2. The number of hydrogen-bond donors (Lipinski definition) is 3. The van der Waals surface area contributed by atoms with Crippen LogP contribution in [0.4, 0.5) is 0 Å². The van der Waals surface area contributed by atoms with Crippen molar-refractivity contribution in [2.75, 3.05) is 6.54 Å². The van der Waals surface area contributed by atoms with E-state index in [0.29, 0.717) is 18.9 Å². The number of carbonyl (C=O) groups is 1. The van der Waals surface area contributed by atoms with E-state index in [-0.39, 0.29) is 11.7 Å². The molecule has 1 atom stereocenters. The van der Waals surface area contributed by atoms with Crippen LogP contribution >= 0.6 is 0 Å². The number of nitrogens with two attached hydrogens (primary N) is 1. The molecule has 1 aromatic carbocycles. The lowest BCUT2D eigenvalue weighted by Gasteiger charge is -2.16. The highest BCUT2D eigenvalue weighted by molar-refractivity contribution is 6.02. The Kier molecular flexibility index (Phi) is 7.29. The zero-order valence-electron chi connectivity index (χ0n) is 12.7. The Labute approximate surface area is 126 Å². The van der Waals surface area contributed by atoms with E-state index >= 15 is 0 Å². The van der Waals surface area contributed by atoms with Crippen molar-refractivity contribution in [3.05, 3.63) is 35.9 Å². The monoisotopic (exact) mass is 291 g/mol. The van der Waals surface area contributed by atoms with Gasteiger partial charge < -0.3 is 16.3 Å². The Morgan fingerprint density at radius 3 is 2.57 bits per heavy atom. The van der Waals surface area contributed by atoms with Gasteiger partial charge in [-0.3, -0.25) is 4.79 Å². The summed E-state index contributed by atoms with van der Waals surface area (Å²) in [6.45, 7) is 4.91. The molecule has 0 bridgehead atoms. The van der Waals surface area contributed by atoms with E-state index in [0.717, 1.165) is 18.4 Å². The van der Waals surface area contributed by atoms with Crippen LogP contribution in [0.2, 0.25) is 0 Å². The molecule has 1 aromatic rings. The summed E-state index contributed by atoms with van der Waals surface area (Å²) >= 11 is 0. The number of nitrogens with zero attached hydrogens (tertiary/aromatic N) is 1. The first-order chi connectivity index (χ1) is 10.0. The maximum Gasteiger partial charge on any atom is 0.231 e. The topological polar surface area (TPSA) is 87.7 Å². The summed E-state index contributed by atoms with van der Waals surface area (Å²) in [5, 5.41) is 14.7. The lowest BCUT2D eigenvalue weighted by molar-refractivity contribution is -0.123. The molecule has 0 fully saturated rings. The predicted molar refractivity (Wildman–Crippen MR) is 84.1 cm³/mol. The molecule has 1 unspecified atom stereocenters. The molecule has 5 nitrogen and oxygen atoms in total. The summed E-state index contributed by atoms with van der Waals surface area (Å²) in [7, 11) is 0. The lowest BCUT2D eigenvalue weighted by Crippen LogP contribution is -2.40. The van der Waals surface area contributed by atoms with Crippen molar-refractivity contribution in [2.24, 2.45) is 22.7 Å². The van der Waals surface area contributed by atoms with Gasteiger partial charge in [-0.15, -0.1) is 0 Å². The summed E-state index contributed by atoms with van der Waals surface area (Å²) in [5.74, 6) is -0.277. The van der Waals surface area contributed by atoms with E-state index in [4.69, 9.17) is 10.9 Å². The summed E-state index contributed by atoms with van der Waals surface area (Å²) in [6, 6.07) is 9.56. The van der Waals surface area contributed by atoms with Crippen LogP contribution in [0.1, 0.15) is 32.3 Å². The smallest absolute Gasteiger partial charge is 0.231 e. The number of rotatable bonds is 8. The number of oxime groups is 1. The van der Waals surface area contributed by atoms with Crippen LogP contribution in [0.25, 0.3) is 0 Å². The van der Waals surface area contributed by atoms with Crippen LogP contribution in [0.5, 0.6) is 0 Å². The fourth-order valence-electron chi connectivity index (χ4n) is 2.10. The Balaban J connectivity index is 2.59. The molecule has 0 spiro atoms. The van der Waals surface area contributed by atoms with Gasteiger partial charge in [0.2, 0.25) is 5.91 Å². The molecule has 0 aliphatic heterocycles. The number of amidine groups is 1. The zero-order chi connectivity index (χ0) is 15.7. The third-order valence-electron chi connectivity index (χ3n) is 3.33. The molecule has 1 amide bonds. The molecule has 0 aromatic heterocycles. The second-order valence-electron chi connectivity index (χ2n) is 5.59. The van der Waals surface area contributed by atoms with Gasteiger partial charge in [-0.2, -0.15) is 0 Å². The normalized spacial score (nSPS) is 13.2. The van der Waals surface area contributed by atoms with E-state index in [1.165, 1.54) is 0 Å². The lowest BCUT2D eigenvalue weighted by atomic mass is 9.97. The predicted octanol–water partition coefficient (Wildman–Crippen LogP) is 2.14. The summed E-state index contributed by atoms with van der Waals surface area (Å²) in [5.41, 5.74) is 6.64. The summed E-state index contributed by atoms with van der Waals surface area (Å²) in [4.78, 5) is 12.2. The molecule has 21 heavy (non-hydrogen) atoms. The maximum absolute atomic E-state index is 12.2. The quantitative estimate of drug-likeness (QED) is 0.225. The molecule has 0 aliphatic rings. The standard InChI is InChI=1S/C16H25N3O2/c1-12(2)7-6-10-18-16(20)14(15(17)19-21)11-13-8-4-3-5-9-13/h3-5,8-9,12,14,21H,6-7,10-11H2,1-2H3,(H2,17,19)(H,18,20). The molecule has 0 aliphatic carbocycles. The Hall–Kier alpha value is -2.04. The van der Waals surface area contributed by atoms with E-state index in [1.54, 1.807) is 0 Å². The van der Waals surface area contributed by atoms with Gasteiger partial charge in [-0.1, -0.05) is 49.3 Å². The van der Waals surface area contributed by atoms with Crippen LogP contribution in [-0.4, -0.2) is 23.5 Å². The van der Waals surface area contributed by atoms with Crippen molar-refractivity contribution in [3.63, 3.8) is 0 Å². The van der Waals surface area contributed by atoms with Gasteiger partial charge in [0, 0.05) is 6.54 Å². The highest BCUT2D eigenvalue weighted by Crippen LogP contribution is 2.10. The molecule has 0 heterocycles. The SMILES string of the molecule is CC(C)CCCNC(=O)C(Cc1ccccc1)C(N)=NO. The third-order valence-corrected chi connectivity index (χ3v) is 3.33. The zero-order valence-corrected chi connectivity index (χ0v) is 12.7. The van der Waals surface area contributed by atoms with Gasteiger partial charge >= 0.3 is 0 Å². The molecule has 4 N–H and O–H groups in total. The average molecular weight is 291 g/mol. The van der Waals surface area contributed by atoms with E-state index < -0.39 is 5.92 Å². The molecule has 0 saturated carbocycles.